The molecule has 0 unspecified atom stereocenters. The van der Waals surface area contributed by atoms with Gasteiger partial charge in [-0.05, 0) is 36.8 Å². The minimum atomic E-state index is -0.395. The Labute approximate surface area is 165 Å². The highest BCUT2D eigenvalue weighted by molar-refractivity contribution is 9.10. The van der Waals surface area contributed by atoms with Crippen LogP contribution >= 0.6 is 15.9 Å². The van der Waals surface area contributed by atoms with Crippen LogP contribution in [0.15, 0.2) is 64.9 Å². The molecule has 3 aromatic rings. The van der Waals surface area contributed by atoms with E-state index in [1.54, 1.807) is 6.08 Å². The SMILES string of the molecule is CCn1cc(/C=C2/NC(=O)N(Cc3ccc(Br)cc3)C2=O)c2ccccc21. The fourth-order valence-corrected chi connectivity index (χ4v) is 3.56. The van der Waals surface area contributed by atoms with Crippen LogP contribution in [-0.2, 0) is 17.9 Å². The van der Waals surface area contributed by atoms with E-state index in [1.807, 2.05) is 48.7 Å². The van der Waals surface area contributed by atoms with Crippen molar-refractivity contribution in [3.8, 4) is 0 Å². The first kappa shape index (κ1) is 17.5. The topological polar surface area (TPSA) is 54.3 Å². The normalized spacial score (nSPS) is 15.8. The molecular formula is C21H18BrN3O2. The van der Waals surface area contributed by atoms with Crippen molar-refractivity contribution >= 4 is 44.8 Å². The monoisotopic (exact) mass is 423 g/mol. The van der Waals surface area contributed by atoms with Gasteiger partial charge in [-0.3, -0.25) is 9.69 Å². The number of carbonyl (C=O) groups is 2. The predicted octanol–water partition coefficient (Wildman–Crippen LogP) is 4.52. The third kappa shape index (κ3) is 3.28. The zero-order valence-corrected chi connectivity index (χ0v) is 16.4. The molecule has 27 heavy (non-hydrogen) atoms. The van der Waals surface area contributed by atoms with Crippen LogP contribution in [0.4, 0.5) is 4.79 Å². The van der Waals surface area contributed by atoms with E-state index in [1.165, 1.54) is 4.90 Å². The number of urea groups is 1. The lowest BCUT2D eigenvalue weighted by atomic mass is 10.1. The lowest BCUT2D eigenvalue weighted by Gasteiger charge is -2.11. The van der Waals surface area contributed by atoms with Crippen molar-refractivity contribution in [2.24, 2.45) is 0 Å². The molecule has 136 valence electrons. The average Bonchev–Trinajstić information content (AvgIpc) is 3.16. The van der Waals surface area contributed by atoms with Gasteiger partial charge in [0, 0.05) is 33.7 Å². The Bertz CT molecular complexity index is 1070. The summed E-state index contributed by atoms with van der Waals surface area (Å²) < 4.78 is 3.08. The van der Waals surface area contributed by atoms with Crippen LogP contribution in [0, 0.1) is 0 Å². The van der Waals surface area contributed by atoms with Gasteiger partial charge in [0.05, 0.1) is 6.54 Å². The van der Waals surface area contributed by atoms with Crippen LogP contribution in [0.1, 0.15) is 18.1 Å². The molecule has 0 atom stereocenters. The number of carbonyl (C=O) groups excluding carboxylic acids is 2. The van der Waals surface area contributed by atoms with Gasteiger partial charge in [0.1, 0.15) is 5.70 Å². The number of imide groups is 1. The quantitative estimate of drug-likeness (QED) is 0.495. The zero-order valence-electron chi connectivity index (χ0n) is 14.8. The first-order chi connectivity index (χ1) is 13.1. The van der Waals surface area contributed by atoms with Crippen LogP contribution in [0.5, 0.6) is 0 Å². The Hall–Kier alpha value is -2.86. The number of benzene rings is 2. The number of para-hydroxylation sites is 1. The lowest BCUT2D eigenvalue weighted by Crippen LogP contribution is -2.30. The minimum absolute atomic E-state index is 0.242. The maximum absolute atomic E-state index is 12.8. The summed E-state index contributed by atoms with van der Waals surface area (Å²) in [5.74, 6) is -0.309. The summed E-state index contributed by atoms with van der Waals surface area (Å²) in [5.41, 5.74) is 3.22. The van der Waals surface area contributed by atoms with Gasteiger partial charge in [-0.25, -0.2) is 4.79 Å². The van der Waals surface area contributed by atoms with Gasteiger partial charge < -0.3 is 9.88 Å². The summed E-state index contributed by atoms with van der Waals surface area (Å²) in [5, 5.41) is 3.76. The Morgan fingerprint density at radius 1 is 1.07 bits per heavy atom. The molecular weight excluding hydrogens is 406 g/mol. The summed E-state index contributed by atoms with van der Waals surface area (Å²) in [6, 6.07) is 15.2. The van der Waals surface area contributed by atoms with Gasteiger partial charge in [0.2, 0.25) is 0 Å². The molecule has 1 saturated heterocycles. The number of hydrogen-bond acceptors (Lipinski definition) is 2. The number of rotatable bonds is 4. The third-order valence-electron chi connectivity index (χ3n) is 4.68. The lowest BCUT2D eigenvalue weighted by molar-refractivity contribution is -0.123. The zero-order chi connectivity index (χ0) is 19.0. The van der Waals surface area contributed by atoms with E-state index < -0.39 is 6.03 Å². The molecule has 1 N–H and O–H groups in total. The molecule has 1 fully saturated rings. The van der Waals surface area contributed by atoms with Crippen molar-refractivity contribution in [2.45, 2.75) is 20.0 Å². The summed E-state index contributed by atoms with van der Waals surface area (Å²) in [6.45, 7) is 3.15. The van der Waals surface area contributed by atoms with Crippen LogP contribution in [0.3, 0.4) is 0 Å². The second kappa shape index (κ2) is 7.04. The number of nitrogens with one attached hydrogen (secondary N) is 1. The maximum Gasteiger partial charge on any atom is 0.329 e. The van der Waals surface area contributed by atoms with Crippen LogP contribution in [0.2, 0.25) is 0 Å². The Balaban J connectivity index is 1.64. The van der Waals surface area contributed by atoms with Crippen molar-refractivity contribution in [1.82, 2.24) is 14.8 Å². The van der Waals surface area contributed by atoms with Gasteiger partial charge in [-0.2, -0.15) is 0 Å². The smallest absolute Gasteiger partial charge is 0.329 e. The molecule has 0 aliphatic carbocycles. The highest BCUT2D eigenvalue weighted by Gasteiger charge is 2.33. The van der Waals surface area contributed by atoms with Crippen LogP contribution in [-0.4, -0.2) is 21.4 Å². The molecule has 1 aliphatic heterocycles. The van der Waals surface area contributed by atoms with Crippen LogP contribution < -0.4 is 5.32 Å². The standard InChI is InChI=1S/C21H18BrN3O2/c1-2-24-13-15(17-5-3-4-6-19(17)24)11-18-20(26)25(21(27)23-18)12-14-7-9-16(22)10-8-14/h3-11,13H,2,12H2,1H3,(H,23,27)/b18-11+. The molecule has 1 aromatic heterocycles. The summed E-state index contributed by atoms with van der Waals surface area (Å²) in [4.78, 5) is 26.3. The first-order valence-electron chi connectivity index (χ1n) is 8.73. The van der Waals surface area contributed by atoms with Gasteiger partial charge in [-0.15, -0.1) is 0 Å². The highest BCUT2D eigenvalue weighted by atomic mass is 79.9. The van der Waals surface area contributed by atoms with Crippen LogP contribution in [0.25, 0.3) is 17.0 Å². The minimum Gasteiger partial charge on any atom is -0.347 e. The predicted molar refractivity (Wildman–Crippen MR) is 109 cm³/mol. The fourth-order valence-electron chi connectivity index (χ4n) is 3.29. The molecule has 5 nitrogen and oxygen atoms in total. The molecule has 1 aliphatic rings. The van der Waals surface area contributed by atoms with Crippen molar-refractivity contribution in [2.75, 3.05) is 0 Å². The Kier molecular flexibility index (Phi) is 4.58. The molecule has 3 amide bonds. The van der Waals surface area contributed by atoms with Crippen molar-refractivity contribution < 1.29 is 9.59 Å². The van der Waals surface area contributed by atoms with E-state index in [2.05, 4.69) is 38.8 Å². The number of halogens is 1. The fraction of sp³-hybridized carbons (Fsp3) is 0.143. The summed E-state index contributed by atoms with van der Waals surface area (Å²) >= 11 is 3.39. The largest absolute Gasteiger partial charge is 0.347 e. The van der Waals surface area contributed by atoms with E-state index in [0.29, 0.717) is 5.70 Å². The number of nitrogens with zero attached hydrogens (tertiary/aromatic N) is 2. The van der Waals surface area contributed by atoms with E-state index in [4.69, 9.17) is 0 Å². The van der Waals surface area contributed by atoms with Gasteiger partial charge in [-0.1, -0.05) is 46.3 Å². The van der Waals surface area contributed by atoms with Crippen molar-refractivity contribution in [3.05, 3.63) is 76.0 Å². The van der Waals surface area contributed by atoms with E-state index >= 15 is 0 Å². The molecule has 4 rings (SSSR count). The molecule has 0 saturated carbocycles. The number of amides is 3. The number of hydrogen-bond donors (Lipinski definition) is 1. The number of aromatic nitrogens is 1. The molecule has 0 spiro atoms. The second-order valence-electron chi connectivity index (χ2n) is 6.39. The Morgan fingerprint density at radius 3 is 2.56 bits per heavy atom. The Morgan fingerprint density at radius 2 is 1.81 bits per heavy atom. The van der Waals surface area contributed by atoms with Crippen molar-refractivity contribution in [3.63, 3.8) is 0 Å². The third-order valence-corrected chi connectivity index (χ3v) is 5.20. The molecule has 6 heteroatoms. The van der Waals surface area contributed by atoms with Gasteiger partial charge in [0.25, 0.3) is 5.91 Å². The highest BCUT2D eigenvalue weighted by Crippen LogP contribution is 2.25. The molecule has 0 bridgehead atoms. The van der Waals surface area contributed by atoms with Crippen molar-refractivity contribution in [1.29, 1.82) is 0 Å². The van der Waals surface area contributed by atoms with Gasteiger partial charge in [0.15, 0.2) is 0 Å². The van der Waals surface area contributed by atoms with E-state index in [0.717, 1.165) is 33.0 Å². The first-order valence-corrected chi connectivity index (χ1v) is 9.53. The molecule has 2 heterocycles. The summed E-state index contributed by atoms with van der Waals surface area (Å²) in [7, 11) is 0. The average molecular weight is 424 g/mol. The molecule has 2 aromatic carbocycles. The van der Waals surface area contributed by atoms with E-state index in [9.17, 15) is 9.59 Å². The maximum atomic E-state index is 12.8. The second-order valence-corrected chi connectivity index (χ2v) is 7.31. The summed E-state index contributed by atoms with van der Waals surface area (Å²) in [6.07, 6.45) is 3.77. The molecule has 0 radical (unpaired) electrons. The number of fused-ring (bicyclic) bond motifs is 1. The van der Waals surface area contributed by atoms with Gasteiger partial charge >= 0.3 is 6.03 Å². The number of aryl methyl sites for hydroxylation is 1. The van der Waals surface area contributed by atoms with E-state index in [-0.39, 0.29) is 12.5 Å².